The van der Waals surface area contributed by atoms with E-state index in [-0.39, 0.29) is 5.91 Å². The second kappa shape index (κ2) is 7.67. The molecule has 2 aromatic rings. The lowest BCUT2D eigenvalue weighted by Gasteiger charge is -2.26. The van der Waals surface area contributed by atoms with Gasteiger partial charge < -0.3 is 15.1 Å². The molecule has 1 heterocycles. The summed E-state index contributed by atoms with van der Waals surface area (Å²) >= 11 is 6.33. The summed E-state index contributed by atoms with van der Waals surface area (Å²) in [6.45, 7) is 2.74. The van der Waals surface area contributed by atoms with Crippen LogP contribution >= 0.6 is 11.6 Å². The number of allylic oxidation sites excluding steroid dienone is 2. The Morgan fingerprint density at radius 3 is 2.73 bits per heavy atom. The van der Waals surface area contributed by atoms with Gasteiger partial charge in [0, 0.05) is 43.3 Å². The number of amides is 1. The number of anilines is 3. The average Bonchev–Trinajstić information content (AvgIpc) is 2.64. The molecule has 1 amide bonds. The van der Waals surface area contributed by atoms with E-state index in [4.69, 9.17) is 11.6 Å². The second-order valence-corrected chi connectivity index (χ2v) is 6.82. The molecule has 0 fully saturated rings. The van der Waals surface area contributed by atoms with E-state index in [1.54, 1.807) is 0 Å². The number of hydrogen-bond donors (Lipinski definition) is 1. The maximum atomic E-state index is 12.6. The second-order valence-electron chi connectivity index (χ2n) is 6.43. The highest BCUT2D eigenvalue weighted by Crippen LogP contribution is 2.30. The Bertz CT molecular complexity index is 887. The molecule has 1 aliphatic heterocycles. The van der Waals surface area contributed by atoms with Crippen molar-refractivity contribution in [3.63, 3.8) is 0 Å². The quantitative estimate of drug-likeness (QED) is 0.790. The van der Waals surface area contributed by atoms with Gasteiger partial charge in [-0.05, 0) is 48.9 Å². The van der Waals surface area contributed by atoms with Crippen molar-refractivity contribution in [3.05, 3.63) is 77.0 Å². The molecule has 2 aromatic carbocycles. The summed E-state index contributed by atoms with van der Waals surface area (Å²) in [6.07, 6.45) is 5.85. The summed E-state index contributed by atoms with van der Waals surface area (Å²) in [5, 5.41) is 3.65. The van der Waals surface area contributed by atoms with E-state index in [0.717, 1.165) is 22.6 Å². The number of hydrogen-bond acceptors (Lipinski definition) is 3. The molecule has 1 aliphatic rings. The molecule has 134 valence electrons. The minimum absolute atomic E-state index is 0.135. The third-order valence-corrected chi connectivity index (χ3v) is 4.63. The monoisotopic (exact) mass is 367 g/mol. The number of nitrogens with one attached hydrogen (secondary N) is 1. The van der Waals surface area contributed by atoms with Gasteiger partial charge in [-0.3, -0.25) is 4.79 Å². The smallest absolute Gasteiger partial charge is 0.255 e. The molecule has 0 radical (unpaired) electrons. The summed E-state index contributed by atoms with van der Waals surface area (Å²) in [5.41, 5.74) is 4.43. The third kappa shape index (κ3) is 3.92. The molecule has 1 N–H and O–H groups in total. The van der Waals surface area contributed by atoms with E-state index in [2.05, 4.69) is 5.32 Å². The minimum atomic E-state index is -0.135. The number of nitrogens with zero attached hydrogens (tertiary/aromatic N) is 2. The molecule has 0 saturated carbocycles. The van der Waals surface area contributed by atoms with Crippen LogP contribution in [0, 0.1) is 6.92 Å². The zero-order chi connectivity index (χ0) is 18.7. The summed E-state index contributed by atoms with van der Waals surface area (Å²) in [4.78, 5) is 16.6. The van der Waals surface area contributed by atoms with Crippen LogP contribution < -0.4 is 15.1 Å². The molecule has 0 aromatic heterocycles. The van der Waals surface area contributed by atoms with Gasteiger partial charge in [-0.2, -0.15) is 0 Å². The summed E-state index contributed by atoms with van der Waals surface area (Å²) in [7, 11) is 3.90. The van der Waals surface area contributed by atoms with Gasteiger partial charge in [-0.15, -0.1) is 0 Å². The summed E-state index contributed by atoms with van der Waals surface area (Å²) < 4.78 is 0. The molecule has 0 unspecified atom stereocenters. The molecule has 3 rings (SSSR count). The summed E-state index contributed by atoms with van der Waals surface area (Å²) in [6, 6.07) is 13.4. The van der Waals surface area contributed by atoms with Gasteiger partial charge in [-0.25, -0.2) is 0 Å². The molecule has 5 heteroatoms. The van der Waals surface area contributed by atoms with Crippen molar-refractivity contribution < 1.29 is 4.79 Å². The molecular formula is C21H22ClN3O. The molecule has 0 atom stereocenters. The third-order valence-electron chi connectivity index (χ3n) is 4.30. The van der Waals surface area contributed by atoms with Crippen molar-refractivity contribution in [3.8, 4) is 0 Å². The molecule has 4 nitrogen and oxygen atoms in total. The van der Waals surface area contributed by atoms with Crippen LogP contribution in [0.25, 0.3) is 0 Å². The Labute approximate surface area is 159 Å². The molecule has 0 saturated heterocycles. The Kier molecular flexibility index (Phi) is 5.33. The van der Waals surface area contributed by atoms with Gasteiger partial charge in [0.25, 0.3) is 5.91 Å². The maximum Gasteiger partial charge on any atom is 0.255 e. The van der Waals surface area contributed by atoms with Crippen LogP contribution in [-0.4, -0.2) is 26.5 Å². The Morgan fingerprint density at radius 2 is 2.00 bits per heavy atom. The van der Waals surface area contributed by atoms with Crippen molar-refractivity contribution in [1.82, 2.24) is 0 Å². The number of aryl methyl sites for hydroxylation is 1. The van der Waals surface area contributed by atoms with Crippen LogP contribution in [0.5, 0.6) is 0 Å². The molecule has 0 aliphatic carbocycles. The van der Waals surface area contributed by atoms with Crippen molar-refractivity contribution in [2.45, 2.75) is 6.92 Å². The zero-order valence-electron chi connectivity index (χ0n) is 15.2. The van der Waals surface area contributed by atoms with E-state index < -0.39 is 0 Å². The van der Waals surface area contributed by atoms with E-state index in [9.17, 15) is 4.79 Å². The van der Waals surface area contributed by atoms with E-state index in [1.165, 1.54) is 0 Å². The molecule has 0 spiro atoms. The van der Waals surface area contributed by atoms with Crippen molar-refractivity contribution in [2.75, 3.05) is 35.8 Å². The summed E-state index contributed by atoms with van der Waals surface area (Å²) in [5.74, 6) is -0.135. The van der Waals surface area contributed by atoms with Crippen LogP contribution in [0.3, 0.4) is 0 Å². The molecule has 0 bridgehead atoms. The first-order valence-electron chi connectivity index (χ1n) is 8.45. The van der Waals surface area contributed by atoms with Gasteiger partial charge in [0.1, 0.15) is 5.16 Å². The number of benzene rings is 2. The van der Waals surface area contributed by atoms with Gasteiger partial charge in [0.2, 0.25) is 0 Å². The van der Waals surface area contributed by atoms with Crippen LogP contribution in [-0.2, 0) is 0 Å². The maximum absolute atomic E-state index is 12.6. The van der Waals surface area contributed by atoms with E-state index in [0.29, 0.717) is 17.3 Å². The van der Waals surface area contributed by atoms with Gasteiger partial charge in [0.05, 0.1) is 0 Å². The number of halogens is 1. The largest absolute Gasteiger partial charge is 0.378 e. The standard InChI is InChI=1S/C21H22ClN3O/c1-15-10-11-17(14-19(15)25-12-5-4-9-20(25)22)23-21(26)16-7-6-8-18(13-16)24(2)3/h4-11,13-14H,12H2,1-3H3,(H,23,26). The molecular weight excluding hydrogens is 346 g/mol. The van der Waals surface area contributed by atoms with Crippen molar-refractivity contribution in [2.24, 2.45) is 0 Å². The predicted octanol–water partition coefficient (Wildman–Crippen LogP) is 4.77. The van der Waals surface area contributed by atoms with Crippen LogP contribution in [0.15, 0.2) is 65.8 Å². The topological polar surface area (TPSA) is 35.6 Å². The van der Waals surface area contributed by atoms with Gasteiger partial charge >= 0.3 is 0 Å². The van der Waals surface area contributed by atoms with Crippen molar-refractivity contribution in [1.29, 1.82) is 0 Å². The Hall–Kier alpha value is -2.72. The Balaban J connectivity index is 1.83. The first-order chi connectivity index (χ1) is 12.5. The van der Waals surface area contributed by atoms with Crippen LogP contribution in [0.4, 0.5) is 17.1 Å². The molecule has 26 heavy (non-hydrogen) atoms. The van der Waals surface area contributed by atoms with Gasteiger partial charge in [0.15, 0.2) is 0 Å². The van der Waals surface area contributed by atoms with Gasteiger partial charge in [-0.1, -0.05) is 35.9 Å². The fourth-order valence-corrected chi connectivity index (χ4v) is 3.04. The first kappa shape index (κ1) is 18.1. The highest BCUT2D eigenvalue weighted by atomic mass is 35.5. The average molecular weight is 368 g/mol. The minimum Gasteiger partial charge on any atom is -0.378 e. The number of carbonyl (C=O) groups excluding carboxylic acids is 1. The fraction of sp³-hybridized carbons (Fsp3) is 0.190. The number of rotatable bonds is 4. The van der Waals surface area contributed by atoms with E-state index >= 15 is 0 Å². The number of carbonyl (C=O) groups is 1. The highest BCUT2D eigenvalue weighted by Gasteiger charge is 2.15. The zero-order valence-corrected chi connectivity index (χ0v) is 15.9. The fourth-order valence-electron chi connectivity index (χ4n) is 2.81. The van der Waals surface area contributed by atoms with Crippen molar-refractivity contribution >= 4 is 34.6 Å². The normalized spacial score (nSPS) is 13.4. The first-order valence-corrected chi connectivity index (χ1v) is 8.83. The lowest BCUT2D eigenvalue weighted by Crippen LogP contribution is -2.22. The van der Waals surface area contributed by atoms with Crippen LogP contribution in [0.2, 0.25) is 0 Å². The highest BCUT2D eigenvalue weighted by molar-refractivity contribution is 6.31. The lowest BCUT2D eigenvalue weighted by atomic mass is 10.1. The van der Waals surface area contributed by atoms with E-state index in [1.807, 2.05) is 91.5 Å². The lowest BCUT2D eigenvalue weighted by molar-refractivity contribution is 0.102. The van der Waals surface area contributed by atoms with Crippen LogP contribution in [0.1, 0.15) is 15.9 Å². The predicted molar refractivity (Wildman–Crippen MR) is 110 cm³/mol. The Morgan fingerprint density at radius 1 is 1.19 bits per heavy atom. The SMILES string of the molecule is Cc1ccc(NC(=O)c2cccc(N(C)C)c2)cc1N1CC=CC=C1Cl.